The van der Waals surface area contributed by atoms with E-state index in [1.54, 1.807) is 0 Å². The van der Waals surface area contributed by atoms with E-state index in [4.69, 9.17) is 5.73 Å². The highest BCUT2D eigenvalue weighted by Gasteiger charge is 2.23. The molecule has 0 fully saturated rings. The third-order valence-corrected chi connectivity index (χ3v) is 3.08. The van der Waals surface area contributed by atoms with E-state index in [-0.39, 0.29) is 12.3 Å². The van der Waals surface area contributed by atoms with Crippen LogP contribution in [0.15, 0.2) is 0 Å². The number of aromatic nitrogens is 2. The van der Waals surface area contributed by atoms with Gasteiger partial charge in [-0.1, -0.05) is 6.92 Å². The molecule has 118 valence electrons. The summed E-state index contributed by atoms with van der Waals surface area (Å²) in [7, 11) is 0. The molecule has 4 N–H and O–H groups in total. The molecule has 1 heterocycles. The van der Waals surface area contributed by atoms with Crippen LogP contribution in [0.25, 0.3) is 0 Å². The molecule has 0 saturated heterocycles. The molecular formula is C15H27N5O. The largest absolute Gasteiger partial charge is 0.370 e. The van der Waals surface area contributed by atoms with E-state index < -0.39 is 5.54 Å². The fraction of sp³-hybridized carbons (Fsp3) is 0.667. The summed E-state index contributed by atoms with van der Waals surface area (Å²) in [5.74, 6) is 2.07. The van der Waals surface area contributed by atoms with Crippen LogP contribution >= 0.6 is 0 Å². The van der Waals surface area contributed by atoms with Crippen LogP contribution in [-0.4, -0.2) is 28.0 Å². The van der Waals surface area contributed by atoms with Gasteiger partial charge in [0.25, 0.3) is 0 Å². The molecule has 0 aliphatic heterocycles. The molecular weight excluding hydrogens is 266 g/mol. The van der Waals surface area contributed by atoms with Gasteiger partial charge >= 0.3 is 0 Å². The van der Waals surface area contributed by atoms with E-state index in [1.807, 2.05) is 27.7 Å². The van der Waals surface area contributed by atoms with Crippen LogP contribution in [0.4, 0.5) is 11.6 Å². The Hall–Kier alpha value is -1.85. The van der Waals surface area contributed by atoms with Crippen molar-refractivity contribution in [3.8, 4) is 0 Å². The zero-order chi connectivity index (χ0) is 16.0. The molecule has 1 aromatic rings. The highest BCUT2D eigenvalue weighted by Crippen LogP contribution is 2.24. The number of hydrogen-bond donors (Lipinski definition) is 3. The first-order valence-corrected chi connectivity index (χ1v) is 7.47. The number of nitrogens with zero attached hydrogens (tertiary/aromatic N) is 2. The van der Waals surface area contributed by atoms with Crippen molar-refractivity contribution in [3.05, 3.63) is 11.4 Å². The summed E-state index contributed by atoms with van der Waals surface area (Å²) < 4.78 is 0. The lowest BCUT2D eigenvalue weighted by molar-refractivity contribution is -0.118. The van der Waals surface area contributed by atoms with E-state index in [0.29, 0.717) is 0 Å². The molecule has 0 unspecified atom stereocenters. The Labute approximate surface area is 126 Å². The fourth-order valence-corrected chi connectivity index (χ4v) is 2.16. The summed E-state index contributed by atoms with van der Waals surface area (Å²) in [6, 6.07) is 0. The average Bonchev–Trinajstić information content (AvgIpc) is 2.33. The topological polar surface area (TPSA) is 92.9 Å². The van der Waals surface area contributed by atoms with Gasteiger partial charge in [0.2, 0.25) is 5.91 Å². The van der Waals surface area contributed by atoms with Crippen molar-refractivity contribution in [1.29, 1.82) is 0 Å². The lowest BCUT2D eigenvalue weighted by atomic mass is 10.00. The van der Waals surface area contributed by atoms with Gasteiger partial charge in [-0.3, -0.25) is 4.79 Å². The minimum absolute atomic E-state index is 0.246. The van der Waals surface area contributed by atoms with Crippen molar-refractivity contribution >= 4 is 17.5 Å². The van der Waals surface area contributed by atoms with E-state index >= 15 is 0 Å². The molecule has 0 saturated carbocycles. The van der Waals surface area contributed by atoms with E-state index in [1.165, 1.54) is 0 Å². The summed E-state index contributed by atoms with van der Waals surface area (Å²) in [5, 5.41) is 6.58. The van der Waals surface area contributed by atoms with Crippen LogP contribution in [0.5, 0.6) is 0 Å². The number of anilines is 2. The van der Waals surface area contributed by atoms with Crippen LogP contribution in [0.2, 0.25) is 0 Å². The van der Waals surface area contributed by atoms with Gasteiger partial charge in [-0.2, -0.15) is 0 Å². The van der Waals surface area contributed by atoms with Gasteiger partial charge in [0.15, 0.2) is 0 Å². The molecule has 1 rings (SSSR count). The average molecular weight is 293 g/mol. The zero-order valence-corrected chi connectivity index (χ0v) is 13.7. The second-order valence-corrected chi connectivity index (χ2v) is 5.89. The highest BCUT2D eigenvalue weighted by atomic mass is 16.1. The van der Waals surface area contributed by atoms with Crippen molar-refractivity contribution in [2.24, 2.45) is 5.73 Å². The molecule has 0 atom stereocenters. The molecule has 0 aliphatic carbocycles. The number of nitrogens with one attached hydrogen (secondary N) is 2. The van der Waals surface area contributed by atoms with E-state index in [9.17, 15) is 4.79 Å². The predicted molar refractivity (Wildman–Crippen MR) is 86.4 cm³/mol. The SMILES string of the molecule is CCCc1nc(NCC)c(C)c(NC(C)(C)CC(N)=O)n1. The number of hydrogen-bond acceptors (Lipinski definition) is 5. The highest BCUT2D eigenvalue weighted by molar-refractivity contribution is 5.75. The van der Waals surface area contributed by atoms with Gasteiger partial charge in [-0.15, -0.1) is 0 Å². The third kappa shape index (κ3) is 5.21. The van der Waals surface area contributed by atoms with Crippen LogP contribution in [0.3, 0.4) is 0 Å². The van der Waals surface area contributed by atoms with Gasteiger partial charge in [0, 0.05) is 30.5 Å². The molecule has 21 heavy (non-hydrogen) atoms. The molecule has 6 nitrogen and oxygen atoms in total. The Kier molecular flexibility index (Phi) is 5.93. The first kappa shape index (κ1) is 17.2. The van der Waals surface area contributed by atoms with Crippen molar-refractivity contribution in [2.45, 2.75) is 59.4 Å². The third-order valence-electron chi connectivity index (χ3n) is 3.08. The van der Waals surface area contributed by atoms with Crippen LogP contribution in [0.1, 0.15) is 51.9 Å². The monoisotopic (exact) mass is 293 g/mol. The van der Waals surface area contributed by atoms with Crippen LogP contribution < -0.4 is 16.4 Å². The molecule has 0 radical (unpaired) electrons. The molecule has 0 spiro atoms. The summed E-state index contributed by atoms with van der Waals surface area (Å²) >= 11 is 0. The quantitative estimate of drug-likeness (QED) is 0.683. The number of carbonyl (C=O) groups is 1. The maximum atomic E-state index is 11.2. The van der Waals surface area contributed by atoms with E-state index in [0.717, 1.165) is 42.4 Å². The van der Waals surface area contributed by atoms with Crippen LogP contribution in [0, 0.1) is 6.92 Å². The van der Waals surface area contributed by atoms with Gasteiger partial charge < -0.3 is 16.4 Å². The number of nitrogens with two attached hydrogens (primary N) is 1. The Morgan fingerprint density at radius 1 is 1.24 bits per heavy atom. The smallest absolute Gasteiger partial charge is 0.219 e. The Morgan fingerprint density at radius 3 is 2.38 bits per heavy atom. The van der Waals surface area contributed by atoms with Crippen LogP contribution in [-0.2, 0) is 11.2 Å². The first-order valence-electron chi connectivity index (χ1n) is 7.47. The maximum absolute atomic E-state index is 11.2. The second-order valence-electron chi connectivity index (χ2n) is 5.89. The van der Waals surface area contributed by atoms with Gasteiger partial charge in [-0.25, -0.2) is 9.97 Å². The molecule has 0 bridgehead atoms. The number of rotatable bonds is 8. The minimum atomic E-state index is -0.447. The van der Waals surface area contributed by atoms with Crippen molar-refractivity contribution in [3.63, 3.8) is 0 Å². The normalized spacial score (nSPS) is 11.3. The Balaban J connectivity index is 3.11. The van der Waals surface area contributed by atoms with Crippen molar-refractivity contribution in [1.82, 2.24) is 9.97 Å². The number of carbonyl (C=O) groups excluding carboxylic acids is 1. The summed E-state index contributed by atoms with van der Waals surface area (Å²) in [6.45, 7) is 10.8. The summed E-state index contributed by atoms with van der Waals surface area (Å²) in [6.07, 6.45) is 2.05. The van der Waals surface area contributed by atoms with E-state index in [2.05, 4.69) is 27.5 Å². The molecule has 1 aromatic heterocycles. The molecule has 1 amide bonds. The molecule has 6 heteroatoms. The Morgan fingerprint density at radius 2 is 1.86 bits per heavy atom. The summed E-state index contributed by atoms with van der Waals surface area (Å²) in [5.41, 5.74) is 5.81. The van der Waals surface area contributed by atoms with Gasteiger partial charge in [0.1, 0.15) is 17.5 Å². The number of aryl methyl sites for hydroxylation is 1. The predicted octanol–water partition coefficient (Wildman–Crippen LogP) is 2.24. The minimum Gasteiger partial charge on any atom is -0.370 e. The fourth-order valence-electron chi connectivity index (χ4n) is 2.16. The standard InChI is InChI=1S/C15H27N5O/c1-6-8-12-18-13(17-7-2)10(3)14(19-12)20-15(4,5)9-11(16)21/h6-9H2,1-5H3,(H2,16,21)(H2,17,18,19,20). The van der Waals surface area contributed by atoms with Crippen molar-refractivity contribution in [2.75, 3.05) is 17.2 Å². The lowest BCUT2D eigenvalue weighted by Crippen LogP contribution is -2.36. The molecule has 0 aromatic carbocycles. The van der Waals surface area contributed by atoms with Crippen molar-refractivity contribution < 1.29 is 4.79 Å². The first-order chi connectivity index (χ1) is 9.79. The number of primary amides is 1. The maximum Gasteiger partial charge on any atom is 0.219 e. The van der Waals surface area contributed by atoms with Gasteiger partial charge in [-0.05, 0) is 34.1 Å². The summed E-state index contributed by atoms with van der Waals surface area (Å²) in [4.78, 5) is 20.3. The second kappa shape index (κ2) is 7.24. The zero-order valence-electron chi connectivity index (χ0n) is 13.7. The Bertz CT molecular complexity index is 499. The number of amides is 1. The lowest BCUT2D eigenvalue weighted by Gasteiger charge is -2.27. The van der Waals surface area contributed by atoms with Gasteiger partial charge in [0.05, 0.1) is 0 Å². The molecule has 0 aliphatic rings.